The predicted molar refractivity (Wildman–Crippen MR) is 106 cm³/mol. The number of hydrogen-bond donors (Lipinski definition) is 0. The second kappa shape index (κ2) is 9.01. The molecule has 0 aromatic carbocycles. The molecule has 0 N–H and O–H groups in total. The number of ether oxygens (including phenoxy) is 2. The molecule has 0 bridgehead atoms. The smallest absolute Gasteiger partial charge is 0.168 e. The average molecular weight is 352 g/mol. The number of rotatable bonds is 9. The van der Waals surface area contributed by atoms with Gasteiger partial charge in [0, 0.05) is 25.9 Å². The summed E-state index contributed by atoms with van der Waals surface area (Å²) in [5.74, 6) is 0.546. The fourth-order valence-electron chi connectivity index (χ4n) is 4.77. The van der Waals surface area contributed by atoms with E-state index < -0.39 is 0 Å². The van der Waals surface area contributed by atoms with Crippen LogP contribution < -0.4 is 0 Å². The molecule has 0 aromatic rings. The third-order valence-electron chi connectivity index (χ3n) is 6.37. The monoisotopic (exact) mass is 351 g/mol. The van der Waals surface area contributed by atoms with E-state index in [1.165, 1.54) is 31.3 Å². The van der Waals surface area contributed by atoms with E-state index in [9.17, 15) is 0 Å². The number of likely N-dealkylation sites (N-methyl/N-ethyl adjacent to an activating group) is 1. The molecule has 0 radical (unpaired) electrons. The molecule has 1 spiro atoms. The summed E-state index contributed by atoms with van der Waals surface area (Å²) in [6, 6.07) is 0. The van der Waals surface area contributed by atoms with E-state index in [-0.39, 0.29) is 11.9 Å². The molecule has 2 rings (SSSR count). The van der Waals surface area contributed by atoms with Crippen LogP contribution in [0.4, 0.5) is 0 Å². The molecule has 146 valence electrons. The van der Waals surface area contributed by atoms with Crippen molar-refractivity contribution in [1.82, 2.24) is 4.90 Å². The van der Waals surface area contributed by atoms with Crippen molar-refractivity contribution in [3.8, 4) is 0 Å². The summed E-state index contributed by atoms with van der Waals surface area (Å²) in [4.78, 5) is 2.45. The average Bonchev–Trinajstić information content (AvgIpc) is 2.94. The van der Waals surface area contributed by atoms with Crippen LogP contribution in [0.5, 0.6) is 0 Å². The highest BCUT2D eigenvalue weighted by Gasteiger charge is 2.46. The van der Waals surface area contributed by atoms with E-state index in [1.54, 1.807) is 0 Å². The van der Waals surface area contributed by atoms with Gasteiger partial charge in [0.05, 0.1) is 12.7 Å². The van der Waals surface area contributed by atoms with Gasteiger partial charge in [0.2, 0.25) is 0 Å². The van der Waals surface area contributed by atoms with Crippen molar-refractivity contribution in [1.29, 1.82) is 0 Å². The van der Waals surface area contributed by atoms with Crippen molar-refractivity contribution >= 4 is 0 Å². The van der Waals surface area contributed by atoms with Crippen molar-refractivity contribution < 1.29 is 9.47 Å². The maximum Gasteiger partial charge on any atom is 0.168 e. The van der Waals surface area contributed by atoms with Gasteiger partial charge in [0.15, 0.2) is 5.79 Å². The first-order valence-electron chi connectivity index (χ1n) is 10.5. The third kappa shape index (κ3) is 5.80. The Morgan fingerprint density at radius 2 is 1.92 bits per heavy atom. The van der Waals surface area contributed by atoms with Gasteiger partial charge in [-0.2, -0.15) is 0 Å². The lowest BCUT2D eigenvalue weighted by atomic mass is 9.68. The Kier molecular flexibility index (Phi) is 7.54. The van der Waals surface area contributed by atoms with Crippen molar-refractivity contribution in [2.24, 2.45) is 11.3 Å². The molecule has 3 nitrogen and oxygen atoms in total. The fraction of sp³-hybridized carbons (Fsp3) is 0.909. The van der Waals surface area contributed by atoms with Crippen LogP contribution in [-0.4, -0.2) is 43.0 Å². The lowest BCUT2D eigenvalue weighted by molar-refractivity contribution is -0.197. The van der Waals surface area contributed by atoms with Gasteiger partial charge < -0.3 is 9.47 Å². The Bertz CT molecular complexity index is 424. The van der Waals surface area contributed by atoms with Gasteiger partial charge in [0.25, 0.3) is 0 Å². The van der Waals surface area contributed by atoms with Gasteiger partial charge in [-0.15, -0.1) is 0 Å². The van der Waals surface area contributed by atoms with Crippen molar-refractivity contribution in [3.05, 3.63) is 12.2 Å². The molecule has 1 saturated carbocycles. The molecule has 0 amide bonds. The summed E-state index contributed by atoms with van der Waals surface area (Å²) in [7, 11) is 0. The second-order valence-electron chi connectivity index (χ2n) is 9.09. The molecule has 1 saturated heterocycles. The van der Waals surface area contributed by atoms with Crippen molar-refractivity contribution in [2.75, 3.05) is 26.2 Å². The van der Waals surface area contributed by atoms with Gasteiger partial charge in [-0.05, 0) is 50.5 Å². The van der Waals surface area contributed by atoms with Crippen molar-refractivity contribution in [3.63, 3.8) is 0 Å². The molecule has 2 aliphatic rings. The summed E-state index contributed by atoms with van der Waals surface area (Å²) >= 11 is 0. The van der Waals surface area contributed by atoms with E-state index >= 15 is 0 Å². The maximum atomic E-state index is 6.44. The molecule has 1 aliphatic heterocycles. The molecule has 2 fully saturated rings. The van der Waals surface area contributed by atoms with Gasteiger partial charge >= 0.3 is 0 Å². The van der Waals surface area contributed by atoms with Crippen LogP contribution in [0.15, 0.2) is 12.2 Å². The number of nitrogens with zero attached hydrogens (tertiary/aromatic N) is 1. The Hall–Kier alpha value is -0.380. The minimum atomic E-state index is -0.269. The Morgan fingerprint density at radius 3 is 2.48 bits per heavy atom. The molecule has 1 atom stereocenters. The first-order valence-corrected chi connectivity index (χ1v) is 10.5. The van der Waals surface area contributed by atoms with Gasteiger partial charge in [-0.3, -0.25) is 4.90 Å². The van der Waals surface area contributed by atoms with Gasteiger partial charge in [-0.25, -0.2) is 0 Å². The molecular formula is C22H41NO2. The molecule has 0 aromatic heterocycles. The standard InChI is InChI=1S/C22H41NO2/c1-7-12-21(5,6)19-9-13-22(14-10-19)24-17-20(25-22)11-15-23(8-2)16-18(3)4/h19-20H,3,7-17H2,1-2,4-6H3. The van der Waals surface area contributed by atoms with Crippen LogP contribution in [0.2, 0.25) is 0 Å². The van der Waals surface area contributed by atoms with Crippen LogP contribution in [0, 0.1) is 11.3 Å². The minimum Gasteiger partial charge on any atom is -0.347 e. The third-order valence-corrected chi connectivity index (χ3v) is 6.37. The first-order chi connectivity index (χ1) is 11.8. The van der Waals surface area contributed by atoms with Crippen LogP contribution in [0.3, 0.4) is 0 Å². The highest BCUT2D eigenvalue weighted by atomic mass is 16.7. The zero-order valence-corrected chi connectivity index (χ0v) is 17.4. The van der Waals surface area contributed by atoms with E-state index in [1.807, 2.05) is 0 Å². The van der Waals surface area contributed by atoms with Gasteiger partial charge in [0.1, 0.15) is 0 Å². The predicted octanol–water partition coefficient (Wildman–Crippen LogP) is 5.40. The van der Waals surface area contributed by atoms with Crippen LogP contribution >= 0.6 is 0 Å². The molecule has 1 aliphatic carbocycles. The quantitative estimate of drug-likeness (QED) is 0.519. The summed E-state index contributed by atoms with van der Waals surface area (Å²) in [6.45, 7) is 19.4. The lowest BCUT2D eigenvalue weighted by Crippen LogP contribution is -2.39. The van der Waals surface area contributed by atoms with Gasteiger partial charge in [-0.1, -0.05) is 46.3 Å². The first kappa shape index (κ1) is 20.9. The van der Waals surface area contributed by atoms with E-state index in [0.717, 1.165) is 51.4 Å². The summed E-state index contributed by atoms with van der Waals surface area (Å²) < 4.78 is 12.6. The van der Waals surface area contributed by atoms with Crippen molar-refractivity contribution in [2.45, 2.75) is 91.5 Å². The lowest BCUT2D eigenvalue weighted by Gasteiger charge is -2.42. The highest BCUT2D eigenvalue weighted by molar-refractivity contribution is 4.92. The van der Waals surface area contributed by atoms with E-state index in [0.29, 0.717) is 5.41 Å². The molecule has 3 heteroatoms. The normalized spacial score (nSPS) is 30.3. The molecule has 1 unspecified atom stereocenters. The Balaban J connectivity index is 1.78. The topological polar surface area (TPSA) is 21.7 Å². The summed E-state index contributed by atoms with van der Waals surface area (Å²) in [6.07, 6.45) is 8.57. The van der Waals surface area contributed by atoms with Crippen LogP contribution in [0.1, 0.15) is 79.6 Å². The summed E-state index contributed by atoms with van der Waals surface area (Å²) in [5.41, 5.74) is 1.69. The molecular weight excluding hydrogens is 310 g/mol. The van der Waals surface area contributed by atoms with Crippen LogP contribution in [0.25, 0.3) is 0 Å². The van der Waals surface area contributed by atoms with Crippen LogP contribution in [-0.2, 0) is 9.47 Å². The summed E-state index contributed by atoms with van der Waals surface area (Å²) in [5, 5.41) is 0. The zero-order chi connectivity index (χ0) is 18.5. The highest BCUT2D eigenvalue weighted by Crippen LogP contribution is 2.47. The maximum absolute atomic E-state index is 6.44. The number of hydrogen-bond acceptors (Lipinski definition) is 3. The zero-order valence-electron chi connectivity index (χ0n) is 17.4. The van der Waals surface area contributed by atoms with E-state index in [2.05, 4.69) is 46.1 Å². The second-order valence-corrected chi connectivity index (χ2v) is 9.09. The minimum absolute atomic E-state index is 0.263. The molecule has 25 heavy (non-hydrogen) atoms. The molecule has 1 heterocycles. The Morgan fingerprint density at radius 1 is 1.24 bits per heavy atom. The Labute approximate surface area is 156 Å². The SMILES string of the molecule is C=C(C)CN(CC)CCC1COC2(CCC(C(C)(C)CCC)CC2)O1. The fourth-order valence-corrected chi connectivity index (χ4v) is 4.77. The largest absolute Gasteiger partial charge is 0.347 e. The van der Waals surface area contributed by atoms with E-state index in [4.69, 9.17) is 9.47 Å².